The maximum absolute atomic E-state index is 9.42. The molecule has 0 amide bonds. The van der Waals surface area contributed by atoms with Gasteiger partial charge in [-0.15, -0.1) is 11.3 Å². The van der Waals surface area contributed by atoms with E-state index in [0.29, 0.717) is 23.8 Å². The summed E-state index contributed by atoms with van der Waals surface area (Å²) in [6, 6.07) is 9.72. The van der Waals surface area contributed by atoms with Crippen LogP contribution in [0.3, 0.4) is 0 Å². The number of nitriles is 2. The number of fused-ring (bicyclic) bond motifs is 1. The number of rotatable bonds is 7. The van der Waals surface area contributed by atoms with Gasteiger partial charge in [-0.2, -0.15) is 15.6 Å². The first-order chi connectivity index (χ1) is 16.1. The number of hydrogen-bond acceptors (Lipinski definition) is 10. The van der Waals surface area contributed by atoms with Crippen LogP contribution in [0.2, 0.25) is 0 Å². The molecule has 0 radical (unpaired) electrons. The van der Waals surface area contributed by atoms with E-state index in [2.05, 4.69) is 37.7 Å². The Balaban J connectivity index is 1.47. The first kappa shape index (κ1) is 21.3. The molecule has 33 heavy (non-hydrogen) atoms. The molecule has 5 rings (SSSR count). The van der Waals surface area contributed by atoms with Gasteiger partial charge in [0.15, 0.2) is 0 Å². The van der Waals surface area contributed by atoms with Crippen LogP contribution in [0.25, 0.3) is 21.5 Å². The minimum atomic E-state index is -0.313. The standard InChI is InChI=1S/C22H19N9S2/c1-2-33-30-13-22(14-30,6-7-23)31-12-15(10-26-31)19-20-18(5-8-32-20)28-21(29-19)27-17-4-3-16(9-24)25-11-17/h3-5,8,10-12H,2,6,13-14H2,1H3,(H,27,28,29). The average molecular weight is 474 g/mol. The van der Waals surface area contributed by atoms with Gasteiger partial charge in [-0.3, -0.25) is 4.68 Å². The van der Waals surface area contributed by atoms with E-state index in [0.717, 1.165) is 40.3 Å². The monoisotopic (exact) mass is 473 g/mol. The largest absolute Gasteiger partial charge is 0.323 e. The highest BCUT2D eigenvalue weighted by atomic mass is 32.2. The normalized spacial score (nSPS) is 15.0. The summed E-state index contributed by atoms with van der Waals surface area (Å²) in [5.41, 5.74) is 3.23. The van der Waals surface area contributed by atoms with Crippen LogP contribution in [0.15, 0.2) is 42.2 Å². The lowest BCUT2D eigenvalue weighted by molar-refractivity contribution is 0.0812. The van der Waals surface area contributed by atoms with E-state index in [1.54, 1.807) is 41.6 Å². The summed E-state index contributed by atoms with van der Waals surface area (Å²) >= 11 is 3.37. The summed E-state index contributed by atoms with van der Waals surface area (Å²) in [5.74, 6) is 1.45. The molecule has 4 aromatic rings. The lowest BCUT2D eigenvalue weighted by atomic mass is 9.89. The number of nitrogens with one attached hydrogen (secondary N) is 1. The first-order valence-corrected chi connectivity index (χ1v) is 12.1. The second-order valence-corrected chi connectivity index (χ2v) is 9.92. The minimum absolute atomic E-state index is 0.313. The molecule has 11 heteroatoms. The molecule has 1 aliphatic heterocycles. The third kappa shape index (κ3) is 4.02. The zero-order chi connectivity index (χ0) is 22.8. The van der Waals surface area contributed by atoms with Crippen LogP contribution in [0, 0.1) is 22.7 Å². The van der Waals surface area contributed by atoms with Gasteiger partial charge in [0, 0.05) is 30.6 Å². The van der Waals surface area contributed by atoms with Crippen LogP contribution in [0.5, 0.6) is 0 Å². The van der Waals surface area contributed by atoms with Crippen LogP contribution in [0.1, 0.15) is 19.0 Å². The molecule has 4 aromatic heterocycles. The molecule has 0 spiro atoms. The molecule has 0 bridgehead atoms. The summed E-state index contributed by atoms with van der Waals surface area (Å²) in [4.78, 5) is 13.5. The van der Waals surface area contributed by atoms with Crippen molar-refractivity contribution in [3.8, 4) is 23.4 Å². The van der Waals surface area contributed by atoms with Crippen LogP contribution in [-0.4, -0.2) is 47.9 Å². The summed E-state index contributed by atoms with van der Waals surface area (Å²) in [5, 5.41) is 28.2. The Morgan fingerprint density at radius 2 is 2.09 bits per heavy atom. The van der Waals surface area contributed by atoms with Gasteiger partial charge in [0.2, 0.25) is 5.95 Å². The zero-order valence-electron chi connectivity index (χ0n) is 17.8. The van der Waals surface area contributed by atoms with Crippen molar-refractivity contribution in [3.63, 3.8) is 0 Å². The van der Waals surface area contributed by atoms with E-state index >= 15 is 0 Å². The molecule has 5 heterocycles. The maximum atomic E-state index is 9.42. The maximum Gasteiger partial charge on any atom is 0.228 e. The van der Waals surface area contributed by atoms with E-state index in [9.17, 15) is 5.26 Å². The highest BCUT2D eigenvalue weighted by molar-refractivity contribution is 7.97. The Kier molecular flexibility index (Phi) is 5.68. The molecule has 0 aromatic carbocycles. The lowest BCUT2D eigenvalue weighted by Crippen LogP contribution is -2.60. The van der Waals surface area contributed by atoms with Gasteiger partial charge < -0.3 is 5.32 Å². The first-order valence-electron chi connectivity index (χ1n) is 10.3. The predicted molar refractivity (Wildman–Crippen MR) is 129 cm³/mol. The third-order valence-corrected chi connectivity index (χ3v) is 7.23. The molecule has 1 N–H and O–H groups in total. The summed E-state index contributed by atoms with van der Waals surface area (Å²) in [6.07, 6.45) is 5.79. The number of nitrogens with zero attached hydrogens (tertiary/aromatic N) is 8. The van der Waals surface area contributed by atoms with Crippen molar-refractivity contribution in [1.82, 2.24) is 29.0 Å². The van der Waals surface area contributed by atoms with Gasteiger partial charge in [-0.1, -0.05) is 18.9 Å². The highest BCUT2D eigenvalue weighted by Gasteiger charge is 2.45. The van der Waals surface area contributed by atoms with Gasteiger partial charge in [0.05, 0.1) is 46.5 Å². The molecule has 164 valence electrons. The summed E-state index contributed by atoms with van der Waals surface area (Å²) in [6.45, 7) is 3.70. The minimum Gasteiger partial charge on any atom is -0.323 e. The van der Waals surface area contributed by atoms with E-state index in [4.69, 9.17) is 10.2 Å². The quantitative estimate of drug-likeness (QED) is 0.395. The number of thiophene rings is 1. The van der Waals surface area contributed by atoms with Crippen molar-refractivity contribution in [3.05, 3.63) is 47.9 Å². The zero-order valence-corrected chi connectivity index (χ0v) is 19.4. The number of aromatic nitrogens is 5. The Hall–Kier alpha value is -3.51. The Morgan fingerprint density at radius 3 is 2.82 bits per heavy atom. The van der Waals surface area contributed by atoms with Crippen LogP contribution >= 0.6 is 23.3 Å². The molecule has 1 aliphatic rings. The van der Waals surface area contributed by atoms with E-state index in [1.807, 2.05) is 34.6 Å². The Morgan fingerprint density at radius 1 is 1.21 bits per heavy atom. The van der Waals surface area contributed by atoms with Gasteiger partial charge in [-0.25, -0.2) is 19.3 Å². The summed E-state index contributed by atoms with van der Waals surface area (Å²) in [7, 11) is 0. The molecule has 1 saturated heterocycles. The van der Waals surface area contributed by atoms with Crippen molar-refractivity contribution in [2.24, 2.45) is 0 Å². The van der Waals surface area contributed by atoms with Gasteiger partial charge in [0.1, 0.15) is 17.3 Å². The molecule has 0 saturated carbocycles. The number of hydrogen-bond donors (Lipinski definition) is 1. The van der Waals surface area contributed by atoms with E-state index in [1.165, 1.54) is 0 Å². The SMILES string of the molecule is CCSN1CC(CC#N)(n2cc(-c3nc(Nc4ccc(C#N)nc4)nc4ccsc34)cn2)C1. The fraction of sp³-hybridized carbons (Fsp3) is 0.273. The second-order valence-electron chi connectivity index (χ2n) is 7.65. The fourth-order valence-corrected chi connectivity index (χ4v) is 5.72. The second kappa shape index (κ2) is 8.79. The smallest absolute Gasteiger partial charge is 0.228 e. The van der Waals surface area contributed by atoms with Gasteiger partial charge >= 0.3 is 0 Å². The van der Waals surface area contributed by atoms with Crippen molar-refractivity contribution in [2.75, 3.05) is 24.2 Å². The molecule has 9 nitrogen and oxygen atoms in total. The molecule has 0 aliphatic carbocycles. The van der Waals surface area contributed by atoms with Crippen LogP contribution in [0.4, 0.5) is 11.6 Å². The Bertz CT molecular complexity index is 1370. The van der Waals surface area contributed by atoms with Crippen LogP contribution in [-0.2, 0) is 5.54 Å². The Labute approximate surface area is 198 Å². The predicted octanol–water partition coefficient (Wildman–Crippen LogP) is 4.16. The molecule has 0 atom stereocenters. The molecule has 0 unspecified atom stereocenters. The molecular weight excluding hydrogens is 454 g/mol. The summed E-state index contributed by atoms with van der Waals surface area (Å²) < 4.78 is 5.18. The number of pyridine rings is 1. The van der Waals surface area contributed by atoms with Crippen molar-refractivity contribution >= 4 is 45.1 Å². The van der Waals surface area contributed by atoms with E-state index < -0.39 is 0 Å². The average Bonchev–Trinajstić information content (AvgIpc) is 3.48. The highest BCUT2D eigenvalue weighted by Crippen LogP contribution is 2.38. The van der Waals surface area contributed by atoms with Crippen molar-refractivity contribution < 1.29 is 0 Å². The van der Waals surface area contributed by atoms with Crippen molar-refractivity contribution in [2.45, 2.75) is 18.9 Å². The van der Waals surface area contributed by atoms with Crippen molar-refractivity contribution in [1.29, 1.82) is 10.5 Å². The lowest BCUT2D eigenvalue weighted by Gasteiger charge is -2.48. The van der Waals surface area contributed by atoms with Gasteiger partial charge in [-0.05, 0) is 23.6 Å². The number of anilines is 2. The third-order valence-electron chi connectivity index (χ3n) is 5.44. The fourth-order valence-electron chi connectivity index (χ4n) is 3.85. The molecule has 1 fully saturated rings. The molecular formula is C22H19N9S2. The topological polar surface area (TPSA) is 119 Å². The van der Waals surface area contributed by atoms with Crippen LogP contribution < -0.4 is 5.32 Å². The van der Waals surface area contributed by atoms with Gasteiger partial charge in [0.25, 0.3) is 0 Å². The van der Waals surface area contributed by atoms with E-state index in [-0.39, 0.29) is 5.54 Å².